The minimum atomic E-state index is -3.78. The van der Waals surface area contributed by atoms with E-state index in [-0.39, 0.29) is 28.6 Å². The maximum atomic E-state index is 12.7. The SMILES string of the molecule is CCN(CC)S(=O)(=O)c1ccc(Cl)c(C(=O)OCC(=O)Nc2ccc3ccccc3c2)c1. The monoisotopic (exact) mass is 474 g/mol. The average Bonchev–Trinajstić information content (AvgIpc) is 2.78. The van der Waals surface area contributed by atoms with Crippen LogP contribution in [0.1, 0.15) is 24.2 Å². The van der Waals surface area contributed by atoms with Crippen LogP contribution in [0.4, 0.5) is 5.69 Å². The van der Waals surface area contributed by atoms with Crippen molar-refractivity contribution in [3.63, 3.8) is 0 Å². The number of nitrogens with one attached hydrogen (secondary N) is 1. The molecule has 0 aliphatic heterocycles. The third-order valence-corrected chi connectivity index (χ3v) is 7.24. The van der Waals surface area contributed by atoms with Gasteiger partial charge in [0.25, 0.3) is 5.91 Å². The molecule has 1 N–H and O–H groups in total. The smallest absolute Gasteiger partial charge is 0.340 e. The lowest BCUT2D eigenvalue weighted by Crippen LogP contribution is -2.30. The zero-order valence-electron chi connectivity index (χ0n) is 17.7. The molecule has 0 bridgehead atoms. The van der Waals surface area contributed by atoms with Gasteiger partial charge in [-0.15, -0.1) is 0 Å². The molecule has 7 nitrogen and oxygen atoms in total. The molecule has 3 aromatic carbocycles. The van der Waals surface area contributed by atoms with Gasteiger partial charge in [-0.25, -0.2) is 13.2 Å². The van der Waals surface area contributed by atoms with Crippen molar-refractivity contribution in [1.29, 1.82) is 0 Å². The molecule has 0 radical (unpaired) electrons. The number of sulfonamides is 1. The van der Waals surface area contributed by atoms with Gasteiger partial charge >= 0.3 is 5.97 Å². The summed E-state index contributed by atoms with van der Waals surface area (Å²) in [7, 11) is -3.78. The van der Waals surface area contributed by atoms with Crippen LogP contribution in [0.5, 0.6) is 0 Å². The number of carbonyl (C=O) groups is 2. The summed E-state index contributed by atoms with van der Waals surface area (Å²) in [6.07, 6.45) is 0. The summed E-state index contributed by atoms with van der Waals surface area (Å²) in [5, 5.41) is 4.69. The van der Waals surface area contributed by atoms with Crippen LogP contribution >= 0.6 is 11.6 Å². The van der Waals surface area contributed by atoms with Gasteiger partial charge in [0.1, 0.15) is 0 Å². The fourth-order valence-electron chi connectivity index (χ4n) is 3.21. The second-order valence-electron chi connectivity index (χ2n) is 6.92. The number of hydrogen-bond acceptors (Lipinski definition) is 5. The number of carbonyl (C=O) groups excluding carboxylic acids is 2. The predicted molar refractivity (Wildman–Crippen MR) is 124 cm³/mol. The van der Waals surface area contributed by atoms with Gasteiger partial charge in [-0.3, -0.25) is 4.79 Å². The van der Waals surface area contributed by atoms with E-state index in [0.717, 1.165) is 10.8 Å². The summed E-state index contributed by atoms with van der Waals surface area (Å²) in [4.78, 5) is 24.7. The van der Waals surface area contributed by atoms with E-state index in [1.807, 2.05) is 36.4 Å². The third-order valence-electron chi connectivity index (χ3n) is 4.87. The minimum Gasteiger partial charge on any atom is -0.452 e. The Balaban J connectivity index is 1.69. The van der Waals surface area contributed by atoms with Crippen LogP contribution < -0.4 is 5.32 Å². The molecule has 32 heavy (non-hydrogen) atoms. The van der Waals surface area contributed by atoms with Crippen LogP contribution in [0.25, 0.3) is 10.8 Å². The van der Waals surface area contributed by atoms with Crippen molar-refractivity contribution >= 4 is 50.0 Å². The molecular formula is C23H23ClN2O5S. The van der Waals surface area contributed by atoms with E-state index < -0.39 is 28.5 Å². The Morgan fingerprint density at radius 2 is 1.66 bits per heavy atom. The summed E-state index contributed by atoms with van der Waals surface area (Å²) in [5.41, 5.74) is 0.438. The Hall–Kier alpha value is -2.94. The summed E-state index contributed by atoms with van der Waals surface area (Å²) in [6, 6.07) is 17.0. The molecule has 0 aliphatic carbocycles. The molecule has 0 spiro atoms. The van der Waals surface area contributed by atoms with Gasteiger partial charge in [0, 0.05) is 18.8 Å². The molecule has 0 aliphatic rings. The highest BCUT2D eigenvalue weighted by molar-refractivity contribution is 7.89. The molecular weight excluding hydrogens is 452 g/mol. The van der Waals surface area contributed by atoms with Crippen LogP contribution in [-0.2, 0) is 19.6 Å². The number of amides is 1. The first-order chi connectivity index (χ1) is 15.3. The van der Waals surface area contributed by atoms with Crippen molar-refractivity contribution in [3.8, 4) is 0 Å². The molecule has 0 atom stereocenters. The number of anilines is 1. The largest absolute Gasteiger partial charge is 0.452 e. The maximum absolute atomic E-state index is 12.7. The van der Waals surface area contributed by atoms with E-state index in [1.54, 1.807) is 19.9 Å². The highest BCUT2D eigenvalue weighted by Gasteiger charge is 2.24. The molecule has 0 saturated heterocycles. The number of hydrogen-bond donors (Lipinski definition) is 1. The molecule has 0 unspecified atom stereocenters. The molecule has 0 saturated carbocycles. The Morgan fingerprint density at radius 1 is 0.969 bits per heavy atom. The van der Waals surface area contributed by atoms with Gasteiger partial charge in [-0.2, -0.15) is 4.31 Å². The quantitative estimate of drug-likeness (QED) is 0.491. The van der Waals surface area contributed by atoms with Crippen LogP contribution in [0, 0.1) is 0 Å². The van der Waals surface area contributed by atoms with Crippen LogP contribution in [-0.4, -0.2) is 44.3 Å². The molecule has 0 aromatic heterocycles. The van der Waals surface area contributed by atoms with Gasteiger partial charge < -0.3 is 10.1 Å². The molecule has 1 amide bonds. The van der Waals surface area contributed by atoms with Gasteiger partial charge in [0.2, 0.25) is 10.0 Å². The lowest BCUT2D eigenvalue weighted by molar-refractivity contribution is -0.119. The Labute approximate surface area is 192 Å². The lowest BCUT2D eigenvalue weighted by Gasteiger charge is -2.19. The maximum Gasteiger partial charge on any atom is 0.340 e. The number of esters is 1. The van der Waals surface area contributed by atoms with E-state index in [9.17, 15) is 18.0 Å². The first-order valence-electron chi connectivity index (χ1n) is 10.0. The first-order valence-corrected chi connectivity index (χ1v) is 11.8. The average molecular weight is 475 g/mol. The number of benzene rings is 3. The fraction of sp³-hybridized carbons (Fsp3) is 0.217. The van der Waals surface area contributed by atoms with E-state index >= 15 is 0 Å². The van der Waals surface area contributed by atoms with E-state index in [1.165, 1.54) is 22.5 Å². The Morgan fingerprint density at radius 3 is 2.34 bits per heavy atom. The van der Waals surface area contributed by atoms with Crippen molar-refractivity contribution < 1.29 is 22.7 Å². The molecule has 3 aromatic rings. The number of rotatable bonds is 8. The van der Waals surface area contributed by atoms with Gasteiger partial charge in [0.15, 0.2) is 6.61 Å². The molecule has 0 heterocycles. The molecule has 9 heteroatoms. The summed E-state index contributed by atoms with van der Waals surface area (Å²) in [5.74, 6) is -1.42. The summed E-state index contributed by atoms with van der Waals surface area (Å²) in [6.45, 7) is 3.47. The Kier molecular flexibility index (Phi) is 7.50. The number of fused-ring (bicyclic) bond motifs is 1. The third kappa shape index (κ3) is 5.27. The van der Waals surface area contributed by atoms with Gasteiger partial charge in [-0.05, 0) is 41.1 Å². The van der Waals surface area contributed by atoms with Gasteiger partial charge in [0.05, 0.1) is 15.5 Å². The van der Waals surface area contributed by atoms with Crippen molar-refractivity contribution in [2.45, 2.75) is 18.7 Å². The van der Waals surface area contributed by atoms with E-state index in [4.69, 9.17) is 16.3 Å². The minimum absolute atomic E-state index is 0.0310. The number of halogens is 1. The number of ether oxygens (including phenoxy) is 1. The van der Waals surface area contributed by atoms with E-state index in [0.29, 0.717) is 5.69 Å². The number of nitrogens with zero attached hydrogens (tertiary/aromatic N) is 1. The predicted octanol–water partition coefficient (Wildman–Crippen LogP) is 4.32. The van der Waals surface area contributed by atoms with Gasteiger partial charge in [-0.1, -0.05) is 55.8 Å². The topological polar surface area (TPSA) is 92.8 Å². The molecule has 168 valence electrons. The van der Waals surface area contributed by atoms with Crippen LogP contribution in [0.15, 0.2) is 65.6 Å². The second kappa shape index (κ2) is 10.1. The first kappa shape index (κ1) is 23.7. The normalized spacial score (nSPS) is 11.5. The zero-order valence-corrected chi connectivity index (χ0v) is 19.2. The van der Waals surface area contributed by atoms with Crippen molar-refractivity contribution in [2.75, 3.05) is 25.0 Å². The highest BCUT2D eigenvalue weighted by Crippen LogP contribution is 2.24. The highest BCUT2D eigenvalue weighted by atomic mass is 35.5. The Bertz CT molecular complexity index is 1260. The summed E-state index contributed by atoms with van der Waals surface area (Å²) >= 11 is 6.08. The zero-order chi connectivity index (χ0) is 23.3. The standard InChI is InChI=1S/C23H23ClN2O5S/c1-3-26(4-2)32(29,30)19-11-12-21(24)20(14-19)23(28)31-15-22(27)25-18-10-9-16-7-5-6-8-17(16)13-18/h5-14H,3-4,15H2,1-2H3,(H,25,27). The molecule has 3 rings (SSSR count). The molecule has 0 fully saturated rings. The second-order valence-corrected chi connectivity index (χ2v) is 9.26. The van der Waals surface area contributed by atoms with Crippen molar-refractivity contribution in [2.24, 2.45) is 0 Å². The van der Waals surface area contributed by atoms with Crippen LogP contribution in [0.3, 0.4) is 0 Å². The fourth-order valence-corrected chi connectivity index (χ4v) is 4.89. The van der Waals surface area contributed by atoms with Crippen molar-refractivity contribution in [1.82, 2.24) is 4.31 Å². The summed E-state index contributed by atoms with van der Waals surface area (Å²) < 4.78 is 31.8. The van der Waals surface area contributed by atoms with Crippen molar-refractivity contribution in [3.05, 3.63) is 71.2 Å². The van der Waals surface area contributed by atoms with E-state index in [2.05, 4.69) is 5.32 Å². The van der Waals surface area contributed by atoms with Crippen LogP contribution in [0.2, 0.25) is 5.02 Å². The lowest BCUT2D eigenvalue weighted by atomic mass is 10.1.